The molecule has 0 aliphatic carbocycles. The smallest absolute Gasteiger partial charge is 0.322 e. The topological polar surface area (TPSA) is 70.4 Å². The standard InChI is InChI=1S/C18H24N4O2/c1-18(2,3)22-11-14(10-19-22)20-17(24)21-9-8-13-6-4-5-7-15(13)16(21)12-23/h4-7,10-11,16,23H,8-9,12H2,1-3H3,(H,20,24). The number of rotatable bonds is 2. The molecule has 3 rings (SSSR count). The minimum Gasteiger partial charge on any atom is -0.394 e. The van der Waals surface area contributed by atoms with Crippen molar-refractivity contribution in [3.05, 3.63) is 47.8 Å². The van der Waals surface area contributed by atoms with Crippen molar-refractivity contribution in [1.29, 1.82) is 0 Å². The van der Waals surface area contributed by atoms with Crippen LogP contribution in [0.5, 0.6) is 0 Å². The Morgan fingerprint density at radius 2 is 2.12 bits per heavy atom. The summed E-state index contributed by atoms with van der Waals surface area (Å²) in [5, 5.41) is 17.0. The van der Waals surface area contributed by atoms with Crippen molar-refractivity contribution < 1.29 is 9.90 Å². The van der Waals surface area contributed by atoms with Crippen LogP contribution in [0.15, 0.2) is 36.7 Å². The SMILES string of the molecule is CC(C)(C)n1cc(NC(=O)N2CCc3ccccc3C2CO)cn1. The third kappa shape index (κ3) is 3.14. The summed E-state index contributed by atoms with van der Waals surface area (Å²) < 4.78 is 1.82. The van der Waals surface area contributed by atoms with Crippen molar-refractivity contribution in [2.24, 2.45) is 0 Å². The van der Waals surface area contributed by atoms with E-state index < -0.39 is 0 Å². The highest BCUT2D eigenvalue weighted by atomic mass is 16.3. The lowest BCUT2D eigenvalue weighted by atomic mass is 9.93. The summed E-state index contributed by atoms with van der Waals surface area (Å²) in [6, 6.07) is 7.44. The van der Waals surface area contributed by atoms with E-state index in [0.717, 1.165) is 12.0 Å². The van der Waals surface area contributed by atoms with Gasteiger partial charge in [0.2, 0.25) is 0 Å². The number of carbonyl (C=O) groups is 1. The molecular formula is C18H24N4O2. The molecule has 1 atom stereocenters. The minimum atomic E-state index is -0.312. The molecule has 6 heteroatoms. The highest BCUT2D eigenvalue weighted by Crippen LogP contribution is 2.29. The monoisotopic (exact) mass is 328 g/mol. The number of fused-ring (bicyclic) bond motifs is 1. The van der Waals surface area contributed by atoms with Crippen LogP contribution in [0.4, 0.5) is 10.5 Å². The Labute approximate surface area is 142 Å². The molecule has 1 aliphatic rings. The number of nitrogens with one attached hydrogen (secondary N) is 1. The predicted octanol–water partition coefficient (Wildman–Crippen LogP) is 2.76. The molecular weight excluding hydrogens is 304 g/mol. The zero-order valence-corrected chi connectivity index (χ0v) is 14.4. The second-order valence-electron chi connectivity index (χ2n) is 7.12. The summed E-state index contributed by atoms with van der Waals surface area (Å²) in [5.74, 6) is 0. The molecule has 0 spiro atoms. The van der Waals surface area contributed by atoms with Gasteiger partial charge in [-0.25, -0.2) is 4.79 Å². The number of amides is 2. The van der Waals surface area contributed by atoms with Crippen LogP contribution in [0.25, 0.3) is 0 Å². The van der Waals surface area contributed by atoms with Crippen LogP contribution in [0.1, 0.15) is 37.9 Å². The fraction of sp³-hybridized carbons (Fsp3) is 0.444. The Morgan fingerprint density at radius 3 is 2.79 bits per heavy atom. The fourth-order valence-electron chi connectivity index (χ4n) is 3.04. The normalized spacial score (nSPS) is 17.5. The van der Waals surface area contributed by atoms with Crippen LogP contribution in [0, 0.1) is 0 Å². The van der Waals surface area contributed by atoms with Crippen LogP contribution in [-0.2, 0) is 12.0 Å². The van der Waals surface area contributed by atoms with Crippen molar-refractivity contribution in [3.8, 4) is 0 Å². The van der Waals surface area contributed by atoms with E-state index in [1.54, 1.807) is 11.1 Å². The Balaban J connectivity index is 1.77. The zero-order valence-electron chi connectivity index (χ0n) is 14.4. The lowest BCUT2D eigenvalue weighted by molar-refractivity contribution is 0.135. The average molecular weight is 328 g/mol. The van der Waals surface area contributed by atoms with Gasteiger partial charge in [0.15, 0.2) is 0 Å². The second kappa shape index (κ2) is 6.28. The number of aromatic nitrogens is 2. The molecule has 2 amide bonds. The minimum absolute atomic E-state index is 0.0916. The molecule has 0 fully saturated rings. The molecule has 6 nitrogen and oxygen atoms in total. The molecule has 1 aliphatic heterocycles. The zero-order chi connectivity index (χ0) is 17.3. The van der Waals surface area contributed by atoms with Crippen molar-refractivity contribution in [2.75, 3.05) is 18.5 Å². The second-order valence-corrected chi connectivity index (χ2v) is 7.12. The summed E-state index contributed by atoms with van der Waals surface area (Å²) in [4.78, 5) is 14.4. The maximum atomic E-state index is 12.7. The van der Waals surface area contributed by atoms with E-state index in [1.165, 1.54) is 5.56 Å². The lowest BCUT2D eigenvalue weighted by Crippen LogP contribution is -2.43. The third-order valence-electron chi connectivity index (χ3n) is 4.37. The fourth-order valence-corrected chi connectivity index (χ4v) is 3.04. The van der Waals surface area contributed by atoms with Gasteiger partial charge in [-0.3, -0.25) is 4.68 Å². The van der Waals surface area contributed by atoms with Gasteiger partial charge in [0, 0.05) is 12.7 Å². The van der Waals surface area contributed by atoms with Crippen LogP contribution in [0.3, 0.4) is 0 Å². The first kappa shape index (κ1) is 16.5. The summed E-state index contributed by atoms with van der Waals surface area (Å²) in [6.45, 7) is 6.64. The van der Waals surface area contributed by atoms with Gasteiger partial charge in [-0.1, -0.05) is 24.3 Å². The number of carbonyl (C=O) groups excluding carboxylic acids is 1. The molecule has 1 aromatic heterocycles. The van der Waals surface area contributed by atoms with Crippen molar-refractivity contribution in [1.82, 2.24) is 14.7 Å². The van der Waals surface area contributed by atoms with Crippen LogP contribution >= 0.6 is 0 Å². The number of hydrogen-bond acceptors (Lipinski definition) is 3. The van der Waals surface area contributed by atoms with Crippen LogP contribution in [0.2, 0.25) is 0 Å². The predicted molar refractivity (Wildman–Crippen MR) is 92.9 cm³/mol. The Morgan fingerprint density at radius 1 is 1.38 bits per heavy atom. The largest absolute Gasteiger partial charge is 0.394 e. The molecule has 0 radical (unpaired) electrons. The maximum absolute atomic E-state index is 12.7. The number of aliphatic hydroxyl groups excluding tert-OH is 1. The van der Waals surface area contributed by atoms with Gasteiger partial charge in [0.1, 0.15) is 0 Å². The average Bonchev–Trinajstić information content (AvgIpc) is 3.02. The van der Waals surface area contributed by atoms with Crippen LogP contribution < -0.4 is 5.32 Å². The van der Waals surface area contributed by atoms with Gasteiger partial charge in [-0.15, -0.1) is 0 Å². The highest BCUT2D eigenvalue weighted by Gasteiger charge is 2.30. The van der Waals surface area contributed by atoms with Gasteiger partial charge in [0.05, 0.1) is 30.1 Å². The summed E-state index contributed by atoms with van der Waals surface area (Å²) in [6.07, 6.45) is 4.26. The molecule has 128 valence electrons. The van der Waals surface area contributed by atoms with Gasteiger partial charge >= 0.3 is 6.03 Å². The van der Waals surface area contributed by atoms with Crippen LogP contribution in [-0.4, -0.2) is 39.0 Å². The van der Waals surface area contributed by atoms with Gasteiger partial charge in [-0.05, 0) is 38.3 Å². The Hall–Kier alpha value is -2.34. The van der Waals surface area contributed by atoms with Crippen molar-refractivity contribution in [3.63, 3.8) is 0 Å². The molecule has 1 aromatic carbocycles. The van der Waals surface area contributed by atoms with E-state index >= 15 is 0 Å². The number of benzene rings is 1. The Bertz CT molecular complexity index is 733. The van der Waals surface area contributed by atoms with Gasteiger partial charge in [0.25, 0.3) is 0 Å². The Kier molecular flexibility index (Phi) is 4.32. The quantitative estimate of drug-likeness (QED) is 0.890. The number of nitrogens with zero attached hydrogens (tertiary/aromatic N) is 3. The molecule has 24 heavy (non-hydrogen) atoms. The van der Waals surface area contributed by atoms with E-state index in [0.29, 0.717) is 12.2 Å². The molecule has 0 saturated heterocycles. The molecule has 0 saturated carbocycles. The number of aliphatic hydroxyl groups is 1. The van der Waals surface area contributed by atoms with Crippen molar-refractivity contribution in [2.45, 2.75) is 38.8 Å². The maximum Gasteiger partial charge on any atom is 0.322 e. The van der Waals surface area contributed by atoms with Gasteiger partial charge < -0.3 is 15.3 Å². The first-order valence-corrected chi connectivity index (χ1v) is 8.21. The molecule has 1 unspecified atom stereocenters. The summed E-state index contributed by atoms with van der Waals surface area (Å²) in [5.41, 5.74) is 2.74. The molecule has 2 heterocycles. The van der Waals surface area contributed by atoms with E-state index in [9.17, 15) is 9.90 Å². The van der Waals surface area contributed by atoms with E-state index in [-0.39, 0.29) is 24.2 Å². The van der Waals surface area contributed by atoms with E-state index in [4.69, 9.17) is 0 Å². The van der Waals surface area contributed by atoms with E-state index in [2.05, 4.69) is 37.3 Å². The van der Waals surface area contributed by atoms with Gasteiger partial charge in [-0.2, -0.15) is 5.10 Å². The van der Waals surface area contributed by atoms with Crippen molar-refractivity contribution >= 4 is 11.7 Å². The molecule has 2 N–H and O–H groups in total. The first-order chi connectivity index (χ1) is 11.4. The first-order valence-electron chi connectivity index (χ1n) is 8.21. The van der Waals surface area contributed by atoms with E-state index in [1.807, 2.05) is 29.1 Å². The number of urea groups is 1. The lowest BCUT2D eigenvalue weighted by Gasteiger charge is -2.36. The highest BCUT2D eigenvalue weighted by molar-refractivity contribution is 5.89. The molecule has 2 aromatic rings. The third-order valence-corrected chi connectivity index (χ3v) is 4.37. The number of hydrogen-bond donors (Lipinski definition) is 2. The molecule has 0 bridgehead atoms. The number of anilines is 1. The summed E-state index contributed by atoms with van der Waals surface area (Å²) in [7, 11) is 0. The summed E-state index contributed by atoms with van der Waals surface area (Å²) >= 11 is 0.